The zero-order valence-electron chi connectivity index (χ0n) is 14.7. The number of pyridine rings is 1. The summed E-state index contributed by atoms with van der Waals surface area (Å²) in [6.07, 6.45) is 9.93. The molecule has 132 valence electrons. The van der Waals surface area contributed by atoms with Crippen LogP contribution in [-0.2, 0) is 13.6 Å². The van der Waals surface area contributed by atoms with E-state index >= 15 is 0 Å². The van der Waals surface area contributed by atoms with Crippen LogP contribution in [0.4, 0.5) is 0 Å². The smallest absolute Gasteiger partial charge is 0.253 e. The maximum atomic E-state index is 12.5. The number of hydrogen-bond acceptors (Lipinski definition) is 4. The average molecular weight is 339 g/mol. The van der Waals surface area contributed by atoms with Crippen molar-refractivity contribution < 1.29 is 4.79 Å². The summed E-state index contributed by atoms with van der Waals surface area (Å²) in [7, 11) is 2.04. The molecule has 1 aliphatic carbocycles. The van der Waals surface area contributed by atoms with Gasteiger partial charge in [-0.2, -0.15) is 5.10 Å². The van der Waals surface area contributed by atoms with Crippen LogP contribution in [0.25, 0.3) is 0 Å². The Morgan fingerprint density at radius 2 is 1.92 bits per heavy atom. The zero-order chi connectivity index (χ0) is 17.2. The molecular weight excluding hydrogens is 314 g/mol. The number of aryl methyl sites for hydroxylation is 1. The van der Waals surface area contributed by atoms with Crippen LogP contribution in [0.1, 0.15) is 53.2 Å². The summed E-state index contributed by atoms with van der Waals surface area (Å²) in [4.78, 5) is 18.4. The lowest BCUT2D eigenvalue weighted by Gasteiger charge is -2.32. The minimum atomic E-state index is 0.115. The summed E-state index contributed by atoms with van der Waals surface area (Å²) in [6, 6.07) is 4.04. The molecule has 2 fully saturated rings. The molecule has 0 unspecified atom stereocenters. The molecule has 2 aromatic heterocycles. The Hall–Kier alpha value is -2.21. The van der Waals surface area contributed by atoms with Gasteiger partial charge in [-0.1, -0.05) is 0 Å². The van der Waals surface area contributed by atoms with Gasteiger partial charge in [-0.25, -0.2) is 0 Å². The molecule has 2 aliphatic rings. The molecular formula is C19H25N5O. The van der Waals surface area contributed by atoms with Crippen LogP contribution in [0.2, 0.25) is 0 Å². The third-order valence-corrected chi connectivity index (χ3v) is 5.32. The highest BCUT2D eigenvalue weighted by Crippen LogP contribution is 2.41. The van der Waals surface area contributed by atoms with Crippen molar-refractivity contribution in [3.8, 4) is 0 Å². The van der Waals surface area contributed by atoms with Gasteiger partial charge in [0, 0.05) is 67.9 Å². The van der Waals surface area contributed by atoms with Crippen molar-refractivity contribution in [2.45, 2.75) is 44.2 Å². The van der Waals surface area contributed by atoms with Gasteiger partial charge in [0.05, 0.1) is 6.20 Å². The lowest BCUT2D eigenvalue weighted by molar-refractivity contribution is 0.0704. The van der Waals surface area contributed by atoms with E-state index in [9.17, 15) is 4.79 Å². The molecule has 0 atom stereocenters. The number of nitrogens with one attached hydrogen (secondary N) is 1. The summed E-state index contributed by atoms with van der Waals surface area (Å²) in [6.45, 7) is 2.49. The first kappa shape index (κ1) is 16.3. The Bertz CT molecular complexity index is 730. The minimum absolute atomic E-state index is 0.115. The summed E-state index contributed by atoms with van der Waals surface area (Å²) in [5.74, 6) is 0.827. The number of carbonyl (C=O) groups excluding carboxylic acids is 1. The lowest BCUT2D eigenvalue weighted by Crippen LogP contribution is -2.44. The molecule has 2 aromatic rings. The van der Waals surface area contributed by atoms with Gasteiger partial charge < -0.3 is 10.2 Å². The first-order chi connectivity index (χ1) is 12.2. The minimum Gasteiger partial charge on any atom is -0.339 e. The number of nitrogens with zero attached hydrogens (tertiary/aromatic N) is 4. The number of rotatable bonds is 5. The SMILES string of the molecule is Cn1ncc(CNC2CCN(C(=O)c3ccncc3)CC2)c1C1CC1. The van der Waals surface area contributed by atoms with Gasteiger partial charge in [0.2, 0.25) is 0 Å². The van der Waals surface area contributed by atoms with Crippen LogP contribution in [0.15, 0.2) is 30.7 Å². The molecule has 1 amide bonds. The van der Waals surface area contributed by atoms with Crippen LogP contribution in [0, 0.1) is 0 Å². The number of piperidine rings is 1. The molecule has 0 bridgehead atoms. The molecule has 6 heteroatoms. The number of amides is 1. The van der Waals surface area contributed by atoms with E-state index in [-0.39, 0.29) is 5.91 Å². The highest BCUT2D eigenvalue weighted by atomic mass is 16.2. The van der Waals surface area contributed by atoms with E-state index in [1.165, 1.54) is 24.1 Å². The zero-order valence-corrected chi connectivity index (χ0v) is 14.7. The summed E-state index contributed by atoms with van der Waals surface area (Å²) in [5.41, 5.74) is 3.46. The number of aromatic nitrogens is 3. The Balaban J connectivity index is 1.29. The van der Waals surface area contributed by atoms with E-state index in [2.05, 4.69) is 15.4 Å². The molecule has 0 radical (unpaired) electrons. The molecule has 1 aliphatic heterocycles. The van der Waals surface area contributed by atoms with Crippen LogP contribution in [0.3, 0.4) is 0 Å². The van der Waals surface area contributed by atoms with E-state index in [1.54, 1.807) is 24.5 Å². The molecule has 1 saturated carbocycles. The quantitative estimate of drug-likeness (QED) is 0.906. The van der Waals surface area contributed by atoms with Crippen molar-refractivity contribution in [1.29, 1.82) is 0 Å². The van der Waals surface area contributed by atoms with E-state index < -0.39 is 0 Å². The summed E-state index contributed by atoms with van der Waals surface area (Å²) in [5, 5.41) is 8.10. The van der Waals surface area contributed by atoms with Gasteiger partial charge in [0.1, 0.15) is 0 Å². The second-order valence-electron chi connectivity index (χ2n) is 7.14. The Morgan fingerprint density at radius 3 is 2.60 bits per heavy atom. The standard InChI is InChI=1S/C19H25N5O/c1-23-18(14-2-3-14)16(13-22-23)12-21-17-6-10-24(11-7-17)19(25)15-4-8-20-9-5-15/h4-5,8-9,13-14,17,21H,2-3,6-7,10-12H2,1H3. The fraction of sp³-hybridized carbons (Fsp3) is 0.526. The van der Waals surface area contributed by atoms with E-state index in [1.807, 2.05) is 22.8 Å². The second-order valence-corrected chi connectivity index (χ2v) is 7.14. The fourth-order valence-electron chi connectivity index (χ4n) is 3.73. The van der Waals surface area contributed by atoms with Crippen LogP contribution in [-0.4, -0.2) is 44.7 Å². The van der Waals surface area contributed by atoms with Crippen molar-refractivity contribution in [3.05, 3.63) is 47.5 Å². The molecule has 1 saturated heterocycles. The van der Waals surface area contributed by atoms with Gasteiger partial charge in [0.25, 0.3) is 5.91 Å². The first-order valence-electron chi connectivity index (χ1n) is 9.16. The normalized spacial score (nSPS) is 18.5. The third-order valence-electron chi connectivity index (χ3n) is 5.32. The first-order valence-corrected chi connectivity index (χ1v) is 9.16. The largest absolute Gasteiger partial charge is 0.339 e. The predicted octanol–water partition coefficient (Wildman–Crippen LogP) is 2.09. The highest BCUT2D eigenvalue weighted by Gasteiger charge is 2.29. The van der Waals surface area contributed by atoms with Gasteiger partial charge in [0.15, 0.2) is 0 Å². The molecule has 1 N–H and O–H groups in total. The Morgan fingerprint density at radius 1 is 1.20 bits per heavy atom. The Kier molecular flexibility index (Phi) is 4.53. The van der Waals surface area contributed by atoms with Gasteiger partial charge in [-0.3, -0.25) is 14.5 Å². The lowest BCUT2D eigenvalue weighted by atomic mass is 10.0. The maximum Gasteiger partial charge on any atom is 0.253 e. The second kappa shape index (κ2) is 6.96. The monoisotopic (exact) mass is 339 g/mol. The maximum absolute atomic E-state index is 12.5. The van der Waals surface area contributed by atoms with Gasteiger partial charge in [-0.05, 0) is 37.8 Å². The summed E-state index contributed by atoms with van der Waals surface area (Å²) >= 11 is 0. The van der Waals surface area contributed by atoms with E-state index in [4.69, 9.17) is 0 Å². The van der Waals surface area contributed by atoms with Crippen molar-refractivity contribution in [2.24, 2.45) is 7.05 Å². The van der Waals surface area contributed by atoms with Crippen LogP contribution < -0.4 is 5.32 Å². The Labute approximate surface area is 148 Å². The van der Waals surface area contributed by atoms with Crippen molar-refractivity contribution >= 4 is 5.91 Å². The highest BCUT2D eigenvalue weighted by molar-refractivity contribution is 5.94. The molecule has 25 heavy (non-hydrogen) atoms. The van der Waals surface area contributed by atoms with E-state index in [0.717, 1.165) is 38.0 Å². The predicted molar refractivity (Wildman–Crippen MR) is 95.2 cm³/mol. The van der Waals surface area contributed by atoms with E-state index in [0.29, 0.717) is 12.0 Å². The van der Waals surface area contributed by atoms with Gasteiger partial charge in [-0.15, -0.1) is 0 Å². The fourth-order valence-corrected chi connectivity index (χ4v) is 3.73. The average Bonchev–Trinajstić information content (AvgIpc) is 3.43. The summed E-state index contributed by atoms with van der Waals surface area (Å²) < 4.78 is 2.03. The van der Waals surface area contributed by atoms with Crippen LogP contribution >= 0.6 is 0 Å². The topological polar surface area (TPSA) is 63.1 Å². The third kappa shape index (κ3) is 3.58. The molecule has 4 rings (SSSR count). The van der Waals surface area contributed by atoms with Gasteiger partial charge >= 0.3 is 0 Å². The number of likely N-dealkylation sites (tertiary alicyclic amines) is 1. The molecule has 0 aromatic carbocycles. The van der Waals surface area contributed by atoms with Crippen molar-refractivity contribution in [1.82, 2.24) is 25.0 Å². The molecule has 3 heterocycles. The number of hydrogen-bond donors (Lipinski definition) is 1. The molecule has 6 nitrogen and oxygen atoms in total. The van der Waals surface area contributed by atoms with Crippen LogP contribution in [0.5, 0.6) is 0 Å². The number of carbonyl (C=O) groups is 1. The van der Waals surface area contributed by atoms with Crippen molar-refractivity contribution in [3.63, 3.8) is 0 Å². The molecule has 0 spiro atoms. The van der Waals surface area contributed by atoms with Crippen molar-refractivity contribution in [2.75, 3.05) is 13.1 Å².